The number of benzene rings is 1. The molecule has 19 heavy (non-hydrogen) atoms. The predicted molar refractivity (Wildman–Crippen MR) is 77.3 cm³/mol. The Labute approximate surface area is 125 Å². The van der Waals surface area contributed by atoms with Crippen LogP contribution < -0.4 is 5.43 Å². The number of halogens is 2. The number of hydrazone groups is 1. The third-order valence-corrected chi connectivity index (χ3v) is 3.84. The highest BCUT2D eigenvalue weighted by molar-refractivity contribution is 9.13. The van der Waals surface area contributed by atoms with Crippen LogP contribution in [0.4, 0.5) is 0 Å². The number of amides is 1. The molecule has 0 aliphatic carbocycles. The van der Waals surface area contributed by atoms with E-state index in [1.807, 2.05) is 0 Å². The number of nitrogens with one attached hydrogen (secondary N) is 1. The van der Waals surface area contributed by atoms with Crippen molar-refractivity contribution in [3.05, 3.63) is 50.8 Å². The number of phenolic OH excluding ortho intramolecular Hbond substituents is 1. The summed E-state index contributed by atoms with van der Waals surface area (Å²) in [6.45, 7) is 0. The molecule has 2 aromatic rings. The number of carbonyl (C=O) groups excluding carboxylic acids is 1. The van der Waals surface area contributed by atoms with Gasteiger partial charge in [-0.25, -0.2) is 5.43 Å². The van der Waals surface area contributed by atoms with Crippen LogP contribution in [0.2, 0.25) is 0 Å². The van der Waals surface area contributed by atoms with Crippen LogP contribution >= 0.6 is 31.9 Å². The first kappa shape index (κ1) is 13.8. The van der Waals surface area contributed by atoms with Gasteiger partial charge in [-0.05, 0) is 50.1 Å². The van der Waals surface area contributed by atoms with Crippen molar-refractivity contribution >= 4 is 44.0 Å². The summed E-state index contributed by atoms with van der Waals surface area (Å²) in [6.07, 6.45) is 1.37. The van der Waals surface area contributed by atoms with Crippen LogP contribution in [-0.4, -0.2) is 17.2 Å². The van der Waals surface area contributed by atoms with Gasteiger partial charge < -0.3 is 9.52 Å². The number of hydrogen-bond donors (Lipinski definition) is 2. The molecule has 0 saturated carbocycles. The monoisotopic (exact) mass is 386 g/mol. The first-order chi connectivity index (χ1) is 9.06. The van der Waals surface area contributed by atoms with E-state index in [1.54, 1.807) is 18.2 Å². The molecule has 2 N–H and O–H groups in total. The SMILES string of the molecule is O=C(N/N=C/c1cc(Br)c(Br)o1)c1cccc(O)c1. The fraction of sp³-hybridized carbons (Fsp3) is 0. The summed E-state index contributed by atoms with van der Waals surface area (Å²) in [4.78, 5) is 11.7. The minimum atomic E-state index is -0.420. The molecule has 0 saturated heterocycles. The molecule has 0 bridgehead atoms. The molecule has 0 unspecified atom stereocenters. The topological polar surface area (TPSA) is 74.8 Å². The average molecular weight is 388 g/mol. The van der Waals surface area contributed by atoms with E-state index in [1.165, 1.54) is 18.3 Å². The summed E-state index contributed by atoms with van der Waals surface area (Å²) in [5.74, 6) is 0.0855. The summed E-state index contributed by atoms with van der Waals surface area (Å²) in [5, 5.41) is 13.0. The molecule has 7 heteroatoms. The van der Waals surface area contributed by atoms with Crippen LogP contribution in [0.15, 0.2) is 49.0 Å². The first-order valence-electron chi connectivity index (χ1n) is 5.13. The Morgan fingerprint density at radius 3 is 2.79 bits per heavy atom. The molecular formula is C12H8Br2N2O3. The van der Waals surface area contributed by atoms with Crippen molar-refractivity contribution in [2.45, 2.75) is 0 Å². The van der Waals surface area contributed by atoms with E-state index in [9.17, 15) is 9.90 Å². The second kappa shape index (κ2) is 6.03. The van der Waals surface area contributed by atoms with Crippen LogP contribution in [0.5, 0.6) is 5.75 Å². The van der Waals surface area contributed by atoms with Crippen LogP contribution in [0.1, 0.15) is 16.1 Å². The largest absolute Gasteiger partial charge is 0.508 e. The molecule has 0 spiro atoms. The summed E-state index contributed by atoms with van der Waals surface area (Å²) in [6, 6.07) is 7.69. The van der Waals surface area contributed by atoms with Gasteiger partial charge >= 0.3 is 0 Å². The quantitative estimate of drug-likeness (QED) is 0.626. The summed E-state index contributed by atoms with van der Waals surface area (Å²) >= 11 is 6.46. The van der Waals surface area contributed by atoms with Gasteiger partial charge in [-0.3, -0.25) is 4.79 Å². The number of carbonyl (C=O) groups is 1. The van der Waals surface area contributed by atoms with Gasteiger partial charge in [0, 0.05) is 11.6 Å². The van der Waals surface area contributed by atoms with Crippen molar-refractivity contribution in [1.29, 1.82) is 0 Å². The van der Waals surface area contributed by atoms with Gasteiger partial charge in [-0.1, -0.05) is 6.07 Å². The van der Waals surface area contributed by atoms with Crippen LogP contribution in [0, 0.1) is 0 Å². The van der Waals surface area contributed by atoms with Gasteiger partial charge in [0.15, 0.2) is 4.67 Å². The zero-order valence-electron chi connectivity index (χ0n) is 9.43. The number of hydrogen-bond acceptors (Lipinski definition) is 4. The Morgan fingerprint density at radius 2 is 2.16 bits per heavy atom. The lowest BCUT2D eigenvalue weighted by molar-refractivity contribution is 0.0954. The highest BCUT2D eigenvalue weighted by atomic mass is 79.9. The Hall–Kier alpha value is -1.60. The lowest BCUT2D eigenvalue weighted by atomic mass is 10.2. The molecule has 0 atom stereocenters. The molecule has 98 valence electrons. The van der Waals surface area contributed by atoms with Gasteiger partial charge in [0.2, 0.25) is 0 Å². The lowest BCUT2D eigenvalue weighted by Gasteiger charge is -1.99. The van der Waals surface area contributed by atoms with Crippen molar-refractivity contribution in [3.63, 3.8) is 0 Å². The summed E-state index contributed by atoms with van der Waals surface area (Å²) < 4.78 is 6.56. The molecule has 1 heterocycles. The molecule has 0 aliphatic heterocycles. The second-order valence-electron chi connectivity index (χ2n) is 3.52. The van der Waals surface area contributed by atoms with E-state index in [2.05, 4.69) is 42.4 Å². The van der Waals surface area contributed by atoms with Gasteiger partial charge in [-0.2, -0.15) is 5.10 Å². The zero-order valence-corrected chi connectivity index (χ0v) is 12.6. The molecule has 0 aliphatic rings. The Morgan fingerprint density at radius 1 is 1.37 bits per heavy atom. The summed E-state index contributed by atoms with van der Waals surface area (Å²) in [5.41, 5.74) is 2.65. The number of phenols is 1. The molecular weight excluding hydrogens is 380 g/mol. The maximum atomic E-state index is 11.7. The fourth-order valence-corrected chi connectivity index (χ4v) is 1.90. The van der Waals surface area contributed by atoms with Crippen LogP contribution in [-0.2, 0) is 0 Å². The van der Waals surface area contributed by atoms with E-state index in [0.29, 0.717) is 16.0 Å². The standard InChI is InChI=1S/C12H8Br2N2O3/c13-10-5-9(19-11(10)14)6-15-16-12(18)7-2-1-3-8(17)4-7/h1-6,17H,(H,16,18)/b15-6+. The smallest absolute Gasteiger partial charge is 0.271 e. The van der Waals surface area contributed by atoms with Crippen LogP contribution in [0.25, 0.3) is 0 Å². The second-order valence-corrected chi connectivity index (χ2v) is 5.09. The average Bonchev–Trinajstić information content (AvgIpc) is 2.68. The molecule has 2 rings (SSSR count). The molecule has 5 nitrogen and oxygen atoms in total. The zero-order chi connectivity index (χ0) is 13.8. The van der Waals surface area contributed by atoms with E-state index >= 15 is 0 Å². The maximum absolute atomic E-state index is 11.7. The first-order valence-corrected chi connectivity index (χ1v) is 6.72. The van der Waals surface area contributed by atoms with Gasteiger partial charge in [-0.15, -0.1) is 0 Å². The minimum Gasteiger partial charge on any atom is -0.508 e. The molecule has 1 amide bonds. The number of nitrogens with zero attached hydrogens (tertiary/aromatic N) is 1. The van der Waals surface area contributed by atoms with Gasteiger partial charge in [0.25, 0.3) is 5.91 Å². The number of aromatic hydroxyl groups is 1. The Balaban J connectivity index is 2.00. The number of furan rings is 1. The Bertz CT molecular complexity index is 618. The van der Waals surface area contributed by atoms with Crippen molar-refractivity contribution in [2.75, 3.05) is 0 Å². The van der Waals surface area contributed by atoms with Gasteiger partial charge in [0.1, 0.15) is 11.5 Å². The summed E-state index contributed by atoms with van der Waals surface area (Å²) in [7, 11) is 0. The van der Waals surface area contributed by atoms with E-state index in [0.717, 1.165) is 4.47 Å². The van der Waals surface area contributed by atoms with Crippen molar-refractivity contribution in [3.8, 4) is 5.75 Å². The van der Waals surface area contributed by atoms with E-state index < -0.39 is 5.91 Å². The minimum absolute atomic E-state index is 0.0236. The third-order valence-electron chi connectivity index (χ3n) is 2.13. The predicted octanol–water partition coefficient (Wildman–Crippen LogP) is 3.27. The number of rotatable bonds is 3. The highest BCUT2D eigenvalue weighted by Crippen LogP contribution is 2.25. The van der Waals surface area contributed by atoms with Crippen molar-refractivity contribution in [1.82, 2.24) is 5.43 Å². The highest BCUT2D eigenvalue weighted by Gasteiger charge is 2.06. The van der Waals surface area contributed by atoms with E-state index in [4.69, 9.17) is 4.42 Å². The molecule has 1 aromatic heterocycles. The van der Waals surface area contributed by atoms with Crippen molar-refractivity contribution < 1.29 is 14.3 Å². The Kier molecular flexibility index (Phi) is 4.39. The fourth-order valence-electron chi connectivity index (χ4n) is 1.29. The lowest BCUT2D eigenvalue weighted by Crippen LogP contribution is -2.17. The van der Waals surface area contributed by atoms with Crippen LogP contribution in [0.3, 0.4) is 0 Å². The normalized spacial score (nSPS) is 10.8. The molecule has 1 aromatic carbocycles. The maximum Gasteiger partial charge on any atom is 0.271 e. The van der Waals surface area contributed by atoms with Crippen molar-refractivity contribution in [2.24, 2.45) is 5.10 Å². The van der Waals surface area contributed by atoms with Gasteiger partial charge in [0.05, 0.1) is 10.7 Å². The molecule has 0 radical (unpaired) electrons. The third kappa shape index (κ3) is 3.68. The van der Waals surface area contributed by atoms with E-state index in [-0.39, 0.29) is 5.75 Å². The molecule has 0 fully saturated rings.